The Morgan fingerprint density at radius 1 is 1.45 bits per heavy atom. The quantitative estimate of drug-likeness (QED) is 0.897. The van der Waals surface area contributed by atoms with Crippen LogP contribution in [0.15, 0.2) is 18.2 Å². The van der Waals surface area contributed by atoms with Crippen LogP contribution in [0.2, 0.25) is 0 Å². The molecule has 8 heteroatoms. The molecule has 1 aromatic heterocycles. The average molecular weight is 339 g/mol. The number of sulfone groups is 1. The van der Waals surface area contributed by atoms with Gasteiger partial charge in [0.2, 0.25) is 0 Å². The van der Waals surface area contributed by atoms with Crippen molar-refractivity contribution < 1.29 is 13.2 Å². The Morgan fingerprint density at radius 2 is 2.27 bits per heavy atom. The summed E-state index contributed by atoms with van der Waals surface area (Å²) < 4.78 is 23.8. The Balaban J connectivity index is 1.56. The van der Waals surface area contributed by atoms with Crippen LogP contribution in [-0.4, -0.2) is 37.5 Å². The summed E-state index contributed by atoms with van der Waals surface area (Å²) in [4.78, 5) is 16.3. The fourth-order valence-corrected chi connectivity index (χ4v) is 5.29. The van der Waals surface area contributed by atoms with Crippen molar-refractivity contribution in [2.24, 2.45) is 5.92 Å². The van der Waals surface area contributed by atoms with Crippen LogP contribution in [0.25, 0.3) is 10.2 Å². The van der Waals surface area contributed by atoms with E-state index in [0.29, 0.717) is 18.7 Å². The van der Waals surface area contributed by atoms with Gasteiger partial charge in [0.05, 0.1) is 26.7 Å². The van der Waals surface area contributed by atoms with E-state index in [9.17, 15) is 13.2 Å². The summed E-state index contributed by atoms with van der Waals surface area (Å²) in [7, 11) is -2.90. The highest BCUT2D eigenvalue weighted by molar-refractivity contribution is 7.91. The Bertz CT molecular complexity index is 814. The van der Waals surface area contributed by atoms with Crippen LogP contribution in [0, 0.1) is 12.8 Å². The highest BCUT2D eigenvalue weighted by Crippen LogP contribution is 2.24. The number of hydrogen-bond donors (Lipinski definition) is 2. The largest absolute Gasteiger partial charge is 0.338 e. The van der Waals surface area contributed by atoms with E-state index in [1.54, 1.807) is 17.4 Å². The molecule has 1 fully saturated rings. The van der Waals surface area contributed by atoms with Gasteiger partial charge in [0.1, 0.15) is 0 Å². The zero-order chi connectivity index (χ0) is 15.7. The minimum absolute atomic E-state index is 0.0161. The maximum Gasteiger partial charge on any atom is 0.319 e. The number of carbonyl (C=O) groups excluding carboxylic acids is 1. The normalized spacial score (nSPS) is 20.1. The lowest BCUT2D eigenvalue weighted by atomic mass is 10.1. The molecule has 1 aromatic carbocycles. The topological polar surface area (TPSA) is 88.2 Å². The number of aromatic nitrogens is 1. The second-order valence-corrected chi connectivity index (χ2v) is 8.98. The molecule has 1 aliphatic rings. The number of hydrogen-bond acceptors (Lipinski definition) is 5. The van der Waals surface area contributed by atoms with Crippen molar-refractivity contribution >= 4 is 43.1 Å². The van der Waals surface area contributed by atoms with Gasteiger partial charge in [-0.15, -0.1) is 11.3 Å². The number of benzene rings is 1. The lowest BCUT2D eigenvalue weighted by molar-refractivity contribution is 0.250. The van der Waals surface area contributed by atoms with E-state index >= 15 is 0 Å². The fourth-order valence-electron chi connectivity index (χ4n) is 2.56. The van der Waals surface area contributed by atoms with Crippen molar-refractivity contribution in [1.82, 2.24) is 10.3 Å². The predicted octanol–water partition coefficient (Wildman–Crippen LogP) is 2.16. The standard InChI is InChI=1S/C14H17N3O3S2/c1-9-16-12-3-2-11(6-13(12)21-9)17-14(18)15-7-10-4-5-22(19,20)8-10/h2-3,6,10H,4-5,7-8H2,1H3,(H2,15,17,18). The molecule has 3 rings (SSSR count). The Labute approximate surface area is 132 Å². The van der Waals surface area contributed by atoms with Gasteiger partial charge >= 0.3 is 6.03 Å². The van der Waals surface area contributed by atoms with Crippen molar-refractivity contribution in [2.45, 2.75) is 13.3 Å². The number of anilines is 1. The van der Waals surface area contributed by atoms with Gasteiger partial charge in [-0.2, -0.15) is 0 Å². The summed E-state index contributed by atoms with van der Waals surface area (Å²) in [6, 6.07) is 5.25. The lowest BCUT2D eigenvalue weighted by Gasteiger charge is -2.10. The number of carbonyl (C=O) groups is 1. The number of nitrogens with one attached hydrogen (secondary N) is 2. The first-order valence-electron chi connectivity index (χ1n) is 7.04. The number of fused-ring (bicyclic) bond motifs is 1. The molecule has 0 saturated carbocycles. The molecule has 2 aromatic rings. The van der Waals surface area contributed by atoms with Crippen LogP contribution in [-0.2, 0) is 9.84 Å². The SMILES string of the molecule is Cc1nc2ccc(NC(=O)NCC3CCS(=O)(=O)C3)cc2s1. The van der Waals surface area contributed by atoms with Crippen LogP contribution >= 0.6 is 11.3 Å². The van der Waals surface area contributed by atoms with Crippen LogP contribution < -0.4 is 10.6 Å². The van der Waals surface area contributed by atoms with Gasteiger partial charge in [0, 0.05) is 12.2 Å². The third-order valence-corrected chi connectivity index (χ3v) is 6.40. The van der Waals surface area contributed by atoms with Crippen LogP contribution in [0.1, 0.15) is 11.4 Å². The second-order valence-electron chi connectivity index (χ2n) is 5.52. The number of rotatable bonds is 3. The van der Waals surface area contributed by atoms with Crippen molar-refractivity contribution in [2.75, 3.05) is 23.4 Å². The molecular formula is C14H17N3O3S2. The average Bonchev–Trinajstić information content (AvgIpc) is 2.97. The highest BCUT2D eigenvalue weighted by atomic mass is 32.2. The molecule has 0 aliphatic carbocycles. The monoisotopic (exact) mass is 339 g/mol. The van der Waals surface area contributed by atoms with Gasteiger partial charge in [0.25, 0.3) is 0 Å². The van der Waals surface area contributed by atoms with E-state index in [0.717, 1.165) is 15.2 Å². The van der Waals surface area contributed by atoms with Gasteiger partial charge in [-0.25, -0.2) is 18.2 Å². The molecular weight excluding hydrogens is 322 g/mol. The molecule has 0 bridgehead atoms. The number of amides is 2. The Hall–Kier alpha value is -1.67. The van der Waals surface area contributed by atoms with E-state index in [4.69, 9.17) is 0 Å². The molecule has 2 N–H and O–H groups in total. The molecule has 1 aliphatic heterocycles. The molecule has 6 nitrogen and oxygen atoms in total. The molecule has 22 heavy (non-hydrogen) atoms. The van der Waals surface area contributed by atoms with Gasteiger partial charge in [0.15, 0.2) is 9.84 Å². The van der Waals surface area contributed by atoms with Crippen molar-refractivity contribution in [3.05, 3.63) is 23.2 Å². The summed E-state index contributed by atoms with van der Waals surface area (Å²) >= 11 is 1.58. The third kappa shape index (κ3) is 3.56. The summed E-state index contributed by atoms with van der Waals surface area (Å²) in [5, 5.41) is 6.49. The number of thiazole rings is 1. The Morgan fingerprint density at radius 3 is 3.00 bits per heavy atom. The Kier molecular flexibility index (Phi) is 4.05. The molecule has 0 radical (unpaired) electrons. The van der Waals surface area contributed by atoms with Crippen molar-refractivity contribution in [3.63, 3.8) is 0 Å². The van der Waals surface area contributed by atoms with Gasteiger partial charge in [-0.05, 0) is 37.5 Å². The molecule has 1 unspecified atom stereocenters. The molecule has 2 heterocycles. The van der Waals surface area contributed by atoms with E-state index in [1.165, 1.54) is 0 Å². The van der Waals surface area contributed by atoms with Crippen molar-refractivity contribution in [3.8, 4) is 0 Å². The van der Waals surface area contributed by atoms with E-state index in [-0.39, 0.29) is 23.5 Å². The second kappa shape index (κ2) is 5.85. The van der Waals surface area contributed by atoms with Crippen LogP contribution in [0.4, 0.5) is 10.5 Å². The molecule has 1 atom stereocenters. The number of urea groups is 1. The smallest absolute Gasteiger partial charge is 0.319 e. The first-order valence-corrected chi connectivity index (χ1v) is 9.67. The minimum atomic E-state index is -2.90. The van der Waals surface area contributed by atoms with Crippen molar-refractivity contribution in [1.29, 1.82) is 0 Å². The zero-order valence-corrected chi connectivity index (χ0v) is 13.8. The summed E-state index contributed by atoms with van der Waals surface area (Å²) in [6.45, 7) is 2.33. The van der Waals surface area contributed by atoms with Gasteiger partial charge in [-0.1, -0.05) is 0 Å². The number of aryl methyl sites for hydroxylation is 1. The molecule has 2 amide bonds. The van der Waals surface area contributed by atoms with Gasteiger partial charge < -0.3 is 10.6 Å². The molecule has 0 spiro atoms. The maximum atomic E-state index is 11.9. The zero-order valence-electron chi connectivity index (χ0n) is 12.1. The minimum Gasteiger partial charge on any atom is -0.338 e. The van der Waals surface area contributed by atoms with E-state index in [1.807, 2.05) is 19.1 Å². The van der Waals surface area contributed by atoms with E-state index in [2.05, 4.69) is 15.6 Å². The first-order chi connectivity index (χ1) is 10.4. The molecule has 1 saturated heterocycles. The maximum absolute atomic E-state index is 11.9. The van der Waals surface area contributed by atoms with Gasteiger partial charge in [-0.3, -0.25) is 0 Å². The number of nitrogens with zero attached hydrogens (tertiary/aromatic N) is 1. The predicted molar refractivity (Wildman–Crippen MR) is 88.1 cm³/mol. The fraction of sp³-hybridized carbons (Fsp3) is 0.429. The summed E-state index contributed by atoms with van der Waals surface area (Å²) in [6.07, 6.45) is 0.620. The van der Waals surface area contributed by atoms with Crippen LogP contribution in [0.3, 0.4) is 0 Å². The third-order valence-electron chi connectivity index (χ3n) is 3.63. The highest BCUT2D eigenvalue weighted by Gasteiger charge is 2.27. The summed E-state index contributed by atoms with van der Waals surface area (Å²) in [5.41, 5.74) is 1.62. The molecule has 118 valence electrons. The lowest BCUT2D eigenvalue weighted by Crippen LogP contribution is -2.33. The van der Waals surface area contributed by atoms with Crippen LogP contribution in [0.5, 0.6) is 0 Å². The first kappa shape index (κ1) is 15.2. The van der Waals surface area contributed by atoms with E-state index < -0.39 is 9.84 Å². The summed E-state index contributed by atoms with van der Waals surface area (Å²) in [5.74, 6) is 0.407.